The molecular weight excluding hydrogens is 400 g/mol. The van der Waals surface area contributed by atoms with E-state index in [9.17, 15) is 9.59 Å². The standard InChI is InChI=1S/C24H29ClN2O3/c1-30-22-7-3-2-6-19(22)9-15-24(29)27-16-4-5-18(17-27)8-14-23(28)26-21-12-10-20(25)11-13-21/h2-3,6-7,10-13,18H,4-5,8-9,14-17H2,1H3,(H,26,28). The first-order valence-electron chi connectivity index (χ1n) is 10.5. The van der Waals surface area contributed by atoms with E-state index in [1.54, 1.807) is 31.4 Å². The Balaban J connectivity index is 1.43. The average molecular weight is 429 g/mol. The largest absolute Gasteiger partial charge is 0.496 e. The number of anilines is 1. The number of ether oxygens (including phenoxy) is 1. The van der Waals surface area contributed by atoms with E-state index in [2.05, 4.69) is 5.32 Å². The first-order valence-corrected chi connectivity index (χ1v) is 10.9. The summed E-state index contributed by atoms with van der Waals surface area (Å²) in [5.74, 6) is 1.37. The van der Waals surface area contributed by atoms with Gasteiger partial charge in [0, 0.05) is 36.6 Å². The van der Waals surface area contributed by atoms with E-state index in [0.717, 1.165) is 49.4 Å². The fraction of sp³-hybridized carbons (Fsp3) is 0.417. The van der Waals surface area contributed by atoms with Crippen molar-refractivity contribution in [3.63, 3.8) is 0 Å². The Hall–Kier alpha value is -2.53. The number of carbonyl (C=O) groups is 2. The zero-order valence-electron chi connectivity index (χ0n) is 17.4. The summed E-state index contributed by atoms with van der Waals surface area (Å²) in [7, 11) is 1.65. The lowest BCUT2D eigenvalue weighted by Crippen LogP contribution is -2.40. The number of piperidine rings is 1. The number of nitrogens with one attached hydrogen (secondary N) is 1. The number of amides is 2. The van der Waals surface area contributed by atoms with Crippen molar-refractivity contribution in [2.45, 2.75) is 38.5 Å². The Morgan fingerprint density at radius 2 is 1.90 bits per heavy atom. The lowest BCUT2D eigenvalue weighted by atomic mass is 9.93. The molecule has 0 spiro atoms. The average Bonchev–Trinajstić information content (AvgIpc) is 2.78. The van der Waals surface area contributed by atoms with E-state index in [1.807, 2.05) is 29.2 Å². The van der Waals surface area contributed by atoms with Crippen molar-refractivity contribution in [2.24, 2.45) is 5.92 Å². The molecule has 1 aliphatic rings. The van der Waals surface area contributed by atoms with Crippen LogP contribution < -0.4 is 10.1 Å². The van der Waals surface area contributed by atoms with Crippen LogP contribution in [0.4, 0.5) is 5.69 Å². The number of halogens is 1. The van der Waals surface area contributed by atoms with Gasteiger partial charge in [0.2, 0.25) is 11.8 Å². The maximum atomic E-state index is 12.7. The summed E-state index contributed by atoms with van der Waals surface area (Å²) < 4.78 is 5.37. The van der Waals surface area contributed by atoms with Crippen LogP contribution in [0.15, 0.2) is 48.5 Å². The zero-order valence-corrected chi connectivity index (χ0v) is 18.2. The molecule has 1 saturated heterocycles. The predicted molar refractivity (Wildman–Crippen MR) is 120 cm³/mol. The van der Waals surface area contributed by atoms with Gasteiger partial charge in [0.15, 0.2) is 0 Å². The zero-order chi connectivity index (χ0) is 21.3. The molecule has 160 valence electrons. The quantitative estimate of drug-likeness (QED) is 0.647. The number of hydrogen-bond acceptors (Lipinski definition) is 3. The Morgan fingerprint density at radius 3 is 2.67 bits per heavy atom. The topological polar surface area (TPSA) is 58.6 Å². The Morgan fingerprint density at radius 1 is 1.13 bits per heavy atom. The van der Waals surface area contributed by atoms with Gasteiger partial charge in [-0.1, -0.05) is 29.8 Å². The third-order valence-corrected chi connectivity index (χ3v) is 5.83. The molecule has 2 aromatic carbocycles. The van der Waals surface area contributed by atoms with Crippen molar-refractivity contribution in [1.29, 1.82) is 0 Å². The summed E-state index contributed by atoms with van der Waals surface area (Å²) in [5, 5.41) is 3.55. The van der Waals surface area contributed by atoms with Crippen LogP contribution >= 0.6 is 11.6 Å². The van der Waals surface area contributed by atoms with Crippen LogP contribution in [0.1, 0.15) is 37.7 Å². The van der Waals surface area contributed by atoms with Crippen LogP contribution in [-0.2, 0) is 16.0 Å². The van der Waals surface area contributed by atoms with Gasteiger partial charge in [0.25, 0.3) is 0 Å². The fourth-order valence-electron chi connectivity index (χ4n) is 3.93. The van der Waals surface area contributed by atoms with Crippen LogP contribution in [-0.4, -0.2) is 36.9 Å². The summed E-state index contributed by atoms with van der Waals surface area (Å²) >= 11 is 5.87. The van der Waals surface area contributed by atoms with E-state index in [1.165, 1.54) is 0 Å². The van der Waals surface area contributed by atoms with Gasteiger partial charge in [-0.05, 0) is 67.5 Å². The minimum atomic E-state index is -0.00283. The molecule has 0 aliphatic carbocycles. The van der Waals surface area contributed by atoms with Crippen LogP contribution in [0.2, 0.25) is 5.02 Å². The lowest BCUT2D eigenvalue weighted by Gasteiger charge is -2.33. The minimum Gasteiger partial charge on any atom is -0.496 e. The molecule has 1 heterocycles. The second kappa shape index (κ2) is 11.0. The van der Waals surface area contributed by atoms with Crippen molar-refractivity contribution < 1.29 is 14.3 Å². The molecule has 1 atom stereocenters. The third kappa shape index (κ3) is 6.49. The van der Waals surface area contributed by atoms with Crippen molar-refractivity contribution >= 4 is 29.1 Å². The Kier molecular flexibility index (Phi) is 8.14. The molecule has 1 fully saturated rings. The number of para-hydroxylation sites is 1. The molecule has 2 aromatic rings. The van der Waals surface area contributed by atoms with Gasteiger partial charge in [-0.15, -0.1) is 0 Å². The van der Waals surface area contributed by atoms with Crippen LogP contribution in [0, 0.1) is 5.92 Å². The predicted octanol–water partition coefficient (Wildman–Crippen LogP) is 4.94. The molecule has 0 saturated carbocycles. The number of hydrogen-bond donors (Lipinski definition) is 1. The van der Waals surface area contributed by atoms with E-state index in [0.29, 0.717) is 30.2 Å². The molecule has 6 heteroatoms. The number of benzene rings is 2. The molecule has 1 unspecified atom stereocenters. The molecular formula is C24H29ClN2O3. The number of likely N-dealkylation sites (tertiary alicyclic amines) is 1. The van der Waals surface area contributed by atoms with Gasteiger partial charge >= 0.3 is 0 Å². The van der Waals surface area contributed by atoms with Crippen molar-refractivity contribution in [3.8, 4) is 5.75 Å². The fourth-order valence-corrected chi connectivity index (χ4v) is 4.05. The summed E-state index contributed by atoms with van der Waals surface area (Å²) in [6, 6.07) is 14.9. The molecule has 3 rings (SSSR count). The van der Waals surface area contributed by atoms with Crippen LogP contribution in [0.5, 0.6) is 5.75 Å². The number of aryl methyl sites for hydroxylation is 1. The molecule has 2 amide bonds. The second-order valence-corrected chi connectivity index (χ2v) is 8.19. The van der Waals surface area contributed by atoms with Gasteiger partial charge in [-0.25, -0.2) is 0 Å². The number of methoxy groups -OCH3 is 1. The van der Waals surface area contributed by atoms with E-state index in [4.69, 9.17) is 16.3 Å². The van der Waals surface area contributed by atoms with Gasteiger partial charge in [0.1, 0.15) is 5.75 Å². The van der Waals surface area contributed by atoms with Gasteiger partial charge in [-0.2, -0.15) is 0 Å². The SMILES string of the molecule is COc1ccccc1CCC(=O)N1CCCC(CCC(=O)Nc2ccc(Cl)cc2)C1. The highest BCUT2D eigenvalue weighted by Crippen LogP contribution is 2.24. The Labute approximate surface area is 183 Å². The first kappa shape index (κ1) is 22.2. The van der Waals surface area contributed by atoms with Gasteiger partial charge in [0.05, 0.1) is 7.11 Å². The van der Waals surface area contributed by atoms with E-state index in [-0.39, 0.29) is 11.8 Å². The molecule has 0 bridgehead atoms. The van der Waals surface area contributed by atoms with Crippen molar-refractivity contribution in [2.75, 3.05) is 25.5 Å². The highest BCUT2D eigenvalue weighted by atomic mass is 35.5. The highest BCUT2D eigenvalue weighted by Gasteiger charge is 2.24. The van der Waals surface area contributed by atoms with Crippen molar-refractivity contribution in [3.05, 3.63) is 59.1 Å². The lowest BCUT2D eigenvalue weighted by molar-refractivity contribution is -0.133. The second-order valence-electron chi connectivity index (χ2n) is 7.75. The number of rotatable bonds is 8. The molecule has 5 nitrogen and oxygen atoms in total. The first-order chi connectivity index (χ1) is 14.5. The van der Waals surface area contributed by atoms with E-state index >= 15 is 0 Å². The van der Waals surface area contributed by atoms with Crippen LogP contribution in [0.25, 0.3) is 0 Å². The number of carbonyl (C=O) groups excluding carboxylic acids is 2. The molecule has 0 radical (unpaired) electrons. The third-order valence-electron chi connectivity index (χ3n) is 5.58. The maximum Gasteiger partial charge on any atom is 0.224 e. The molecule has 1 N–H and O–H groups in total. The summed E-state index contributed by atoms with van der Waals surface area (Å²) in [5.41, 5.74) is 1.81. The van der Waals surface area contributed by atoms with Crippen molar-refractivity contribution in [1.82, 2.24) is 4.90 Å². The molecule has 30 heavy (non-hydrogen) atoms. The molecule has 1 aliphatic heterocycles. The molecule has 0 aromatic heterocycles. The monoisotopic (exact) mass is 428 g/mol. The van der Waals surface area contributed by atoms with E-state index < -0.39 is 0 Å². The van der Waals surface area contributed by atoms with Crippen LogP contribution in [0.3, 0.4) is 0 Å². The number of nitrogens with zero attached hydrogens (tertiary/aromatic N) is 1. The summed E-state index contributed by atoms with van der Waals surface area (Å²) in [6.45, 7) is 1.54. The normalized spacial score (nSPS) is 16.2. The summed E-state index contributed by atoms with van der Waals surface area (Å²) in [6.07, 6.45) is 4.44. The smallest absolute Gasteiger partial charge is 0.224 e. The highest BCUT2D eigenvalue weighted by molar-refractivity contribution is 6.30. The Bertz CT molecular complexity index is 854. The minimum absolute atomic E-state index is 0.00283. The van der Waals surface area contributed by atoms with Gasteiger partial charge < -0.3 is 15.0 Å². The maximum absolute atomic E-state index is 12.7. The summed E-state index contributed by atoms with van der Waals surface area (Å²) in [4.78, 5) is 26.9. The van der Waals surface area contributed by atoms with Gasteiger partial charge in [-0.3, -0.25) is 9.59 Å².